The zero-order valence-corrected chi connectivity index (χ0v) is 21.3. The lowest BCUT2D eigenvalue weighted by Crippen LogP contribution is -2.28. The predicted octanol–water partition coefficient (Wildman–Crippen LogP) is 2.29. The Bertz CT molecular complexity index is 217. The summed E-state index contributed by atoms with van der Waals surface area (Å²) in [5, 5.41) is 16.7. The quantitative estimate of drug-likeness (QED) is 0.314. The summed E-state index contributed by atoms with van der Waals surface area (Å²) in [6.07, 6.45) is 2.22. The molecule has 0 rings (SSSR count). The third-order valence-electron chi connectivity index (χ3n) is 3.27. The van der Waals surface area contributed by atoms with Crippen LogP contribution in [0.15, 0.2) is 0 Å². The standard InChI is InChI=1S/C8H20O3Si.C6H16O2Si.C2H8OSi.2CH4/c1-10-12(2,3)8-4-6-11-7-5-9;1-9-6-2-4-8-5-3-7;1-3-4-2;;/h9H,4-8H2,1-3H3;7H,2-6,9H2,1H3;4H2,1-2H3;2*1H4. The molecular weight excluding hydrogens is 396 g/mol. The summed E-state index contributed by atoms with van der Waals surface area (Å²) in [5.41, 5.74) is 0. The SMILES string of the molecule is C.C.CO[SiH2]C.CO[Si](C)(C)CCCOCCO.C[SiH2]CCCOCCO. The average Bonchev–Trinajstić information content (AvgIpc) is 2.62. The minimum atomic E-state index is -1.38. The monoisotopic (exact) mass is 448 g/mol. The van der Waals surface area contributed by atoms with Crippen molar-refractivity contribution in [1.82, 2.24) is 0 Å². The maximum Gasteiger partial charge on any atom is 0.186 e. The second kappa shape index (κ2) is 34.0. The highest BCUT2D eigenvalue weighted by atomic mass is 28.4. The van der Waals surface area contributed by atoms with E-state index in [1.54, 1.807) is 14.2 Å². The minimum Gasteiger partial charge on any atom is -0.427 e. The number of hydrogen-bond donors (Lipinski definition) is 2. The number of ether oxygens (including phenoxy) is 2. The average molecular weight is 449 g/mol. The van der Waals surface area contributed by atoms with Crippen LogP contribution in [0.2, 0.25) is 38.3 Å². The fourth-order valence-electron chi connectivity index (χ4n) is 1.49. The van der Waals surface area contributed by atoms with Gasteiger partial charge < -0.3 is 28.5 Å². The van der Waals surface area contributed by atoms with Crippen LogP contribution in [0.25, 0.3) is 0 Å². The van der Waals surface area contributed by atoms with Crippen LogP contribution in [-0.2, 0) is 18.3 Å². The summed E-state index contributed by atoms with van der Waals surface area (Å²) in [6, 6.07) is 2.49. The molecule has 0 aromatic heterocycles. The molecule has 0 aromatic rings. The Morgan fingerprint density at radius 3 is 1.59 bits per heavy atom. The Labute approximate surface area is 176 Å². The van der Waals surface area contributed by atoms with E-state index in [0.717, 1.165) is 25.7 Å². The highest BCUT2D eigenvalue weighted by molar-refractivity contribution is 6.71. The molecule has 0 aromatic carbocycles. The first kappa shape index (κ1) is 38.1. The Hall–Kier alpha value is 0.411. The van der Waals surface area contributed by atoms with E-state index in [1.165, 1.54) is 12.5 Å². The number of aliphatic hydroxyl groups excluding tert-OH is 2. The second-order valence-corrected chi connectivity index (χ2v) is 13.3. The predicted molar refractivity (Wildman–Crippen MR) is 128 cm³/mol. The van der Waals surface area contributed by atoms with Gasteiger partial charge in [-0.3, -0.25) is 0 Å². The van der Waals surface area contributed by atoms with Crippen molar-refractivity contribution in [2.75, 3.05) is 53.9 Å². The first-order valence-corrected chi connectivity index (χ1v) is 16.9. The van der Waals surface area contributed by atoms with Crippen LogP contribution in [0.3, 0.4) is 0 Å². The molecule has 0 bridgehead atoms. The Balaban J connectivity index is -0.0000000959. The van der Waals surface area contributed by atoms with Crippen LogP contribution in [0.4, 0.5) is 0 Å². The van der Waals surface area contributed by atoms with Crippen molar-refractivity contribution in [2.45, 2.75) is 66.0 Å². The molecule has 2 N–H and O–H groups in total. The van der Waals surface area contributed by atoms with Gasteiger partial charge in [0.2, 0.25) is 0 Å². The van der Waals surface area contributed by atoms with Crippen LogP contribution in [0.1, 0.15) is 27.7 Å². The van der Waals surface area contributed by atoms with Crippen molar-refractivity contribution in [3.63, 3.8) is 0 Å². The molecule has 6 nitrogen and oxygen atoms in total. The molecule has 9 heteroatoms. The van der Waals surface area contributed by atoms with Crippen LogP contribution in [0, 0.1) is 0 Å². The van der Waals surface area contributed by atoms with E-state index in [9.17, 15) is 0 Å². The fraction of sp³-hybridized carbons (Fsp3) is 1.00. The number of rotatable bonds is 14. The van der Waals surface area contributed by atoms with E-state index in [1.807, 2.05) is 0 Å². The van der Waals surface area contributed by atoms with E-state index in [-0.39, 0.29) is 47.3 Å². The molecule has 0 saturated heterocycles. The zero-order valence-electron chi connectivity index (χ0n) is 17.5. The van der Waals surface area contributed by atoms with Gasteiger partial charge in [0, 0.05) is 37.0 Å². The van der Waals surface area contributed by atoms with Crippen LogP contribution < -0.4 is 0 Å². The van der Waals surface area contributed by atoms with Crippen LogP contribution >= 0.6 is 0 Å². The normalized spacial score (nSPS) is 10.7. The van der Waals surface area contributed by atoms with E-state index in [2.05, 4.69) is 30.6 Å². The summed E-state index contributed by atoms with van der Waals surface area (Å²) in [5.74, 6) is 0. The minimum absolute atomic E-state index is 0. The van der Waals surface area contributed by atoms with Crippen LogP contribution in [-0.4, -0.2) is 91.7 Å². The third kappa shape index (κ3) is 46.4. The van der Waals surface area contributed by atoms with Gasteiger partial charge in [-0.05, 0) is 32.0 Å². The molecule has 0 atom stereocenters. The van der Waals surface area contributed by atoms with Gasteiger partial charge >= 0.3 is 0 Å². The van der Waals surface area contributed by atoms with Gasteiger partial charge in [-0.15, -0.1) is 0 Å². The highest BCUT2D eigenvalue weighted by Crippen LogP contribution is 2.11. The molecule has 0 aliphatic carbocycles. The lowest BCUT2D eigenvalue weighted by Gasteiger charge is -2.19. The first-order chi connectivity index (χ1) is 11.9. The van der Waals surface area contributed by atoms with Gasteiger partial charge in [-0.1, -0.05) is 34.0 Å². The molecule has 0 spiro atoms. The zero-order chi connectivity index (χ0) is 19.8. The van der Waals surface area contributed by atoms with Crippen molar-refractivity contribution >= 4 is 27.6 Å². The maximum absolute atomic E-state index is 8.43. The molecule has 0 fully saturated rings. The van der Waals surface area contributed by atoms with Gasteiger partial charge in [0.15, 0.2) is 18.1 Å². The lowest BCUT2D eigenvalue weighted by atomic mass is 10.5. The molecule has 0 heterocycles. The molecule has 0 aliphatic heterocycles. The van der Waals surface area contributed by atoms with Gasteiger partial charge in [0.05, 0.1) is 26.4 Å². The maximum atomic E-state index is 8.43. The van der Waals surface area contributed by atoms with Gasteiger partial charge in [0.1, 0.15) is 0 Å². The molecule has 0 radical (unpaired) electrons. The van der Waals surface area contributed by atoms with Crippen molar-refractivity contribution in [3.8, 4) is 0 Å². The number of hydrogen-bond acceptors (Lipinski definition) is 6. The topological polar surface area (TPSA) is 77.4 Å². The summed E-state index contributed by atoms with van der Waals surface area (Å²) < 4.78 is 20.3. The summed E-state index contributed by atoms with van der Waals surface area (Å²) in [6.45, 7) is 11.6. The van der Waals surface area contributed by atoms with E-state index < -0.39 is 8.32 Å². The fourth-order valence-corrected chi connectivity index (χ4v) is 3.39. The molecule has 172 valence electrons. The summed E-state index contributed by atoms with van der Waals surface area (Å²) >= 11 is 0. The van der Waals surface area contributed by atoms with Gasteiger partial charge in [-0.25, -0.2) is 0 Å². The molecule has 0 saturated carbocycles. The Morgan fingerprint density at radius 2 is 1.26 bits per heavy atom. The first-order valence-electron chi connectivity index (χ1n) is 9.36. The lowest BCUT2D eigenvalue weighted by molar-refractivity contribution is 0.0922. The Kier molecular flexibility index (Phi) is 47.9. The van der Waals surface area contributed by atoms with Crippen molar-refractivity contribution in [2.24, 2.45) is 0 Å². The third-order valence-corrected chi connectivity index (χ3v) is 7.72. The molecule has 0 unspecified atom stereocenters. The van der Waals surface area contributed by atoms with E-state index in [4.69, 9.17) is 24.1 Å². The van der Waals surface area contributed by atoms with Crippen molar-refractivity contribution < 1.29 is 28.5 Å². The van der Waals surface area contributed by atoms with E-state index in [0.29, 0.717) is 13.2 Å². The summed E-state index contributed by atoms with van der Waals surface area (Å²) in [7, 11) is 2.30. The smallest absolute Gasteiger partial charge is 0.186 e. The highest BCUT2D eigenvalue weighted by Gasteiger charge is 2.19. The number of aliphatic hydroxyl groups is 2. The molecule has 27 heavy (non-hydrogen) atoms. The van der Waals surface area contributed by atoms with Gasteiger partial charge in [0.25, 0.3) is 0 Å². The van der Waals surface area contributed by atoms with Crippen molar-refractivity contribution in [3.05, 3.63) is 0 Å². The Morgan fingerprint density at radius 1 is 0.815 bits per heavy atom. The molecular formula is C18H52O6Si3. The molecule has 0 amide bonds. The largest absolute Gasteiger partial charge is 0.427 e. The second-order valence-electron chi connectivity index (χ2n) is 6.02. The van der Waals surface area contributed by atoms with E-state index >= 15 is 0 Å². The van der Waals surface area contributed by atoms with Crippen molar-refractivity contribution in [1.29, 1.82) is 0 Å². The summed E-state index contributed by atoms with van der Waals surface area (Å²) in [4.78, 5) is 0. The van der Waals surface area contributed by atoms with Gasteiger partial charge in [-0.2, -0.15) is 0 Å². The van der Waals surface area contributed by atoms with Crippen LogP contribution in [0.5, 0.6) is 0 Å². The molecule has 0 aliphatic rings.